The fourth-order valence-corrected chi connectivity index (χ4v) is 4.23. The van der Waals surface area contributed by atoms with Crippen molar-refractivity contribution in [3.05, 3.63) is 94.0 Å². The van der Waals surface area contributed by atoms with Gasteiger partial charge in [0.25, 0.3) is 15.9 Å². The Balaban J connectivity index is 1.82. The lowest BCUT2D eigenvalue weighted by Crippen LogP contribution is -2.26. The molecule has 5 nitrogen and oxygen atoms in total. The maximum Gasteiger partial charge on any atom is 0.261 e. The number of nitrogens with one attached hydrogen (secondary N) is 1. The van der Waals surface area contributed by atoms with Crippen molar-refractivity contribution in [1.82, 2.24) is 4.90 Å². The predicted molar refractivity (Wildman–Crippen MR) is 116 cm³/mol. The number of carbonyl (C=O) groups is 1. The topological polar surface area (TPSA) is 66.5 Å². The van der Waals surface area contributed by atoms with Gasteiger partial charge < -0.3 is 4.90 Å². The summed E-state index contributed by atoms with van der Waals surface area (Å²) in [7, 11) is -2.14. The van der Waals surface area contributed by atoms with Crippen molar-refractivity contribution in [2.24, 2.45) is 0 Å². The molecule has 0 radical (unpaired) electrons. The number of halogens is 2. The van der Waals surface area contributed by atoms with Crippen LogP contribution in [0.1, 0.15) is 15.9 Å². The van der Waals surface area contributed by atoms with Gasteiger partial charge in [0.05, 0.1) is 15.5 Å². The Kier molecular flexibility index (Phi) is 6.47. The van der Waals surface area contributed by atoms with Crippen molar-refractivity contribution >= 4 is 44.8 Å². The van der Waals surface area contributed by atoms with Crippen molar-refractivity contribution in [3.63, 3.8) is 0 Å². The van der Waals surface area contributed by atoms with E-state index in [9.17, 15) is 13.2 Å². The fraction of sp³-hybridized carbons (Fsp3) is 0.0952. The molecule has 0 fully saturated rings. The highest BCUT2D eigenvalue weighted by molar-refractivity contribution is 7.92. The fourth-order valence-electron chi connectivity index (χ4n) is 2.75. The summed E-state index contributed by atoms with van der Waals surface area (Å²) < 4.78 is 27.5. The number of amides is 1. The van der Waals surface area contributed by atoms with Gasteiger partial charge in [-0.25, -0.2) is 8.42 Å². The van der Waals surface area contributed by atoms with Crippen LogP contribution in [0.3, 0.4) is 0 Å². The van der Waals surface area contributed by atoms with Gasteiger partial charge in [-0.15, -0.1) is 0 Å². The van der Waals surface area contributed by atoms with E-state index in [1.54, 1.807) is 37.4 Å². The van der Waals surface area contributed by atoms with Gasteiger partial charge in [-0.3, -0.25) is 9.52 Å². The van der Waals surface area contributed by atoms with Crippen molar-refractivity contribution in [2.75, 3.05) is 11.8 Å². The van der Waals surface area contributed by atoms with E-state index in [1.165, 1.54) is 35.2 Å². The van der Waals surface area contributed by atoms with Crippen molar-refractivity contribution in [2.45, 2.75) is 11.4 Å². The van der Waals surface area contributed by atoms with Gasteiger partial charge in [0.15, 0.2) is 0 Å². The first-order valence-corrected chi connectivity index (χ1v) is 10.9. The van der Waals surface area contributed by atoms with Gasteiger partial charge in [-0.05, 0) is 48.0 Å². The lowest BCUT2D eigenvalue weighted by Gasteiger charge is -2.19. The van der Waals surface area contributed by atoms with E-state index in [1.807, 2.05) is 12.1 Å². The molecule has 0 heterocycles. The zero-order chi connectivity index (χ0) is 21.0. The third kappa shape index (κ3) is 5.29. The summed E-state index contributed by atoms with van der Waals surface area (Å²) in [5.41, 5.74) is 1.31. The second-order valence-electron chi connectivity index (χ2n) is 6.40. The summed E-state index contributed by atoms with van der Waals surface area (Å²) in [6.07, 6.45) is 0. The molecule has 0 aromatic heterocycles. The van der Waals surface area contributed by atoms with Crippen LogP contribution in [0.2, 0.25) is 10.0 Å². The molecule has 3 rings (SSSR count). The van der Waals surface area contributed by atoms with Crippen LogP contribution in [-0.2, 0) is 16.6 Å². The Bertz CT molecular complexity index is 1140. The van der Waals surface area contributed by atoms with Crippen LogP contribution in [0.25, 0.3) is 0 Å². The molecular formula is C21H18Cl2N2O3S. The first-order chi connectivity index (χ1) is 13.8. The zero-order valence-corrected chi connectivity index (χ0v) is 17.8. The van der Waals surface area contributed by atoms with Gasteiger partial charge in [0.2, 0.25) is 0 Å². The molecule has 0 aliphatic rings. The second kappa shape index (κ2) is 8.86. The largest absolute Gasteiger partial charge is 0.337 e. The van der Waals surface area contributed by atoms with E-state index in [-0.39, 0.29) is 27.1 Å². The minimum Gasteiger partial charge on any atom is -0.337 e. The Morgan fingerprint density at radius 2 is 1.69 bits per heavy atom. The molecule has 0 spiro atoms. The van der Waals surface area contributed by atoms with Gasteiger partial charge >= 0.3 is 0 Å². The number of benzene rings is 3. The first kappa shape index (κ1) is 21.2. The number of anilines is 1. The van der Waals surface area contributed by atoms with Gasteiger partial charge in [-0.1, -0.05) is 53.5 Å². The number of carbonyl (C=O) groups excluding carboxylic acids is 1. The van der Waals surface area contributed by atoms with Crippen LogP contribution in [0.5, 0.6) is 0 Å². The summed E-state index contributed by atoms with van der Waals surface area (Å²) >= 11 is 12.2. The lowest BCUT2D eigenvalue weighted by molar-refractivity contribution is 0.0785. The Hall–Kier alpha value is -2.54. The molecule has 0 aliphatic heterocycles. The third-order valence-electron chi connectivity index (χ3n) is 4.16. The van der Waals surface area contributed by atoms with E-state index >= 15 is 0 Å². The summed E-state index contributed by atoms with van der Waals surface area (Å²) in [5.74, 6) is -0.337. The van der Waals surface area contributed by atoms with Crippen LogP contribution in [0.15, 0.2) is 77.7 Å². The van der Waals surface area contributed by atoms with E-state index in [4.69, 9.17) is 23.2 Å². The number of sulfonamides is 1. The third-order valence-corrected chi connectivity index (χ3v) is 6.12. The van der Waals surface area contributed by atoms with Gasteiger partial charge in [-0.2, -0.15) is 0 Å². The average molecular weight is 449 g/mol. The number of rotatable bonds is 6. The molecule has 8 heteroatoms. The monoisotopic (exact) mass is 448 g/mol. The lowest BCUT2D eigenvalue weighted by atomic mass is 10.1. The van der Waals surface area contributed by atoms with Crippen LogP contribution in [0, 0.1) is 0 Å². The van der Waals surface area contributed by atoms with Crippen LogP contribution in [-0.4, -0.2) is 26.3 Å². The van der Waals surface area contributed by atoms with E-state index in [2.05, 4.69) is 4.72 Å². The van der Waals surface area contributed by atoms with E-state index in [0.29, 0.717) is 11.6 Å². The van der Waals surface area contributed by atoms with Gasteiger partial charge in [0.1, 0.15) is 0 Å². The van der Waals surface area contributed by atoms with Gasteiger partial charge in [0, 0.05) is 24.3 Å². The molecule has 0 aliphatic carbocycles. The summed E-state index contributed by atoms with van der Waals surface area (Å²) in [5, 5.41) is 0.814. The summed E-state index contributed by atoms with van der Waals surface area (Å²) in [6.45, 7) is 0.329. The molecule has 0 bridgehead atoms. The first-order valence-electron chi connectivity index (χ1n) is 8.63. The van der Waals surface area contributed by atoms with Crippen LogP contribution in [0.4, 0.5) is 5.69 Å². The molecule has 29 heavy (non-hydrogen) atoms. The van der Waals surface area contributed by atoms with E-state index < -0.39 is 10.0 Å². The molecule has 0 saturated carbocycles. The Labute approximate surface area is 179 Å². The number of nitrogens with zero attached hydrogens (tertiary/aromatic N) is 1. The molecule has 150 valence electrons. The number of hydrogen-bond acceptors (Lipinski definition) is 3. The number of hydrogen-bond donors (Lipinski definition) is 1. The second-order valence-corrected chi connectivity index (χ2v) is 8.93. The molecule has 1 amide bonds. The molecule has 3 aromatic rings. The van der Waals surface area contributed by atoms with Crippen LogP contribution < -0.4 is 4.72 Å². The minimum atomic E-state index is -3.77. The summed E-state index contributed by atoms with van der Waals surface area (Å²) in [4.78, 5) is 14.5. The molecule has 3 aromatic carbocycles. The maximum absolute atomic E-state index is 12.9. The normalized spacial score (nSPS) is 11.1. The predicted octanol–water partition coefficient (Wildman–Crippen LogP) is 5.07. The van der Waals surface area contributed by atoms with Crippen molar-refractivity contribution in [3.8, 4) is 0 Å². The molecular weight excluding hydrogens is 431 g/mol. The SMILES string of the molecule is CN(Cc1cccc(Cl)c1)C(=O)c1cc(NS(=O)(=O)c2ccccc2)ccc1Cl. The Morgan fingerprint density at radius 1 is 0.966 bits per heavy atom. The quantitative estimate of drug-likeness (QED) is 0.572. The Morgan fingerprint density at radius 3 is 2.38 bits per heavy atom. The zero-order valence-electron chi connectivity index (χ0n) is 15.5. The molecule has 0 saturated heterocycles. The average Bonchev–Trinajstić information content (AvgIpc) is 2.69. The molecule has 0 atom stereocenters. The highest BCUT2D eigenvalue weighted by Gasteiger charge is 2.19. The smallest absolute Gasteiger partial charge is 0.261 e. The molecule has 1 N–H and O–H groups in total. The van der Waals surface area contributed by atoms with Crippen molar-refractivity contribution in [1.29, 1.82) is 0 Å². The van der Waals surface area contributed by atoms with Crippen molar-refractivity contribution < 1.29 is 13.2 Å². The van der Waals surface area contributed by atoms with Crippen LogP contribution >= 0.6 is 23.2 Å². The molecule has 0 unspecified atom stereocenters. The highest BCUT2D eigenvalue weighted by atomic mass is 35.5. The summed E-state index contributed by atoms with van der Waals surface area (Å²) in [6, 6.07) is 19.6. The maximum atomic E-state index is 12.9. The van der Waals surface area contributed by atoms with E-state index in [0.717, 1.165) is 5.56 Å². The minimum absolute atomic E-state index is 0.126. The highest BCUT2D eigenvalue weighted by Crippen LogP contribution is 2.24. The standard InChI is InChI=1S/C21H18Cl2N2O3S/c1-25(14-15-6-5-7-16(22)12-15)21(26)19-13-17(10-11-20(19)23)24-29(27,28)18-8-3-2-4-9-18/h2-13,24H,14H2,1H3.